The predicted octanol–water partition coefficient (Wildman–Crippen LogP) is 4.81. The van der Waals surface area contributed by atoms with Gasteiger partial charge >= 0.3 is 0 Å². The van der Waals surface area contributed by atoms with E-state index in [1.807, 2.05) is 0 Å². The van der Waals surface area contributed by atoms with Crippen LogP contribution < -0.4 is 5.73 Å². The van der Waals surface area contributed by atoms with Gasteiger partial charge in [0.2, 0.25) is 5.91 Å². The molecule has 0 aliphatic carbocycles. The molecule has 1 radical (unpaired) electrons. The third-order valence-electron chi connectivity index (χ3n) is 4.47. The summed E-state index contributed by atoms with van der Waals surface area (Å²) in [5, 5.41) is 1.50. The van der Waals surface area contributed by atoms with Gasteiger partial charge in [-0.25, -0.2) is 13.2 Å². The summed E-state index contributed by atoms with van der Waals surface area (Å²) in [6, 6.07) is 13.2. The van der Waals surface area contributed by atoms with Crippen molar-refractivity contribution in [3.05, 3.63) is 82.1 Å². The Morgan fingerprint density at radius 3 is 2.63 bits per heavy atom. The van der Waals surface area contributed by atoms with Crippen molar-refractivity contribution in [2.75, 3.05) is 0 Å². The second-order valence-corrected chi connectivity index (χ2v) is 6.50. The van der Waals surface area contributed by atoms with E-state index in [1.165, 1.54) is 6.07 Å². The zero-order chi connectivity index (χ0) is 19.3. The van der Waals surface area contributed by atoms with Gasteiger partial charge in [0.1, 0.15) is 0 Å². The topological polar surface area (TPSA) is 48.0 Å². The molecule has 0 fully saturated rings. The summed E-state index contributed by atoms with van der Waals surface area (Å²) < 4.78 is 42.7. The van der Waals surface area contributed by atoms with Gasteiger partial charge in [0, 0.05) is 26.9 Å². The van der Waals surface area contributed by atoms with Crippen molar-refractivity contribution in [2.24, 2.45) is 5.73 Å². The highest BCUT2D eigenvalue weighted by atomic mass is 35.5. The number of primary amides is 1. The highest BCUT2D eigenvalue weighted by Gasteiger charge is 2.19. The van der Waals surface area contributed by atoms with Gasteiger partial charge in [-0.3, -0.25) is 4.79 Å². The number of hydrogen-bond acceptors (Lipinski definition) is 1. The number of nitrogens with zero attached hydrogens (tertiary/aromatic N) is 1. The third-order valence-corrected chi connectivity index (χ3v) is 4.69. The minimum Gasteiger partial charge on any atom is -0.366 e. The number of halogens is 4. The number of nitrogens with two attached hydrogens (primary N) is 1. The third kappa shape index (κ3) is 2.73. The Kier molecular flexibility index (Phi) is 4.08. The molecule has 3 aromatic carbocycles. The Labute approximate surface area is 156 Å². The van der Waals surface area contributed by atoms with Crippen LogP contribution >= 0.6 is 11.6 Å². The van der Waals surface area contributed by atoms with Crippen molar-refractivity contribution in [1.29, 1.82) is 0 Å². The molecule has 135 valence electrons. The fraction of sp³-hybridized carbons (Fsp3) is 0.0500. The number of benzene rings is 3. The van der Waals surface area contributed by atoms with E-state index in [9.17, 15) is 18.0 Å². The van der Waals surface area contributed by atoms with Crippen LogP contribution in [0.15, 0.2) is 42.5 Å². The van der Waals surface area contributed by atoms with Crippen LogP contribution in [-0.2, 0) is 6.54 Å². The second kappa shape index (κ2) is 6.32. The summed E-state index contributed by atoms with van der Waals surface area (Å²) in [4.78, 5) is 11.9. The normalized spacial score (nSPS) is 11.4. The number of aromatic nitrogens is 1. The summed E-state index contributed by atoms with van der Waals surface area (Å²) in [6.45, 7) is -0.0978. The number of amides is 1. The molecule has 0 bridgehead atoms. The van der Waals surface area contributed by atoms with Gasteiger partial charge in [-0.2, -0.15) is 0 Å². The lowest BCUT2D eigenvalue weighted by atomic mass is 10.1. The standard InChI is InChI=1S/C20H11ClF3N2O/c21-11-5-6-12-16(8-11)26(9-10-4-7-14(22)19(24)18(10)23)15-3-1-2-13(17(12)15)20(25)27/h1-5,7-8H,9H2,(H2,25,27). The van der Waals surface area contributed by atoms with E-state index in [0.29, 0.717) is 26.8 Å². The average molecular weight is 388 g/mol. The van der Waals surface area contributed by atoms with Gasteiger partial charge in [-0.1, -0.05) is 23.7 Å². The molecule has 4 rings (SSSR count). The summed E-state index contributed by atoms with van der Waals surface area (Å²) in [7, 11) is 0. The summed E-state index contributed by atoms with van der Waals surface area (Å²) in [6.07, 6.45) is 0. The average Bonchev–Trinajstić information content (AvgIpc) is 2.95. The molecule has 2 N–H and O–H groups in total. The quantitative estimate of drug-likeness (QED) is 0.504. The van der Waals surface area contributed by atoms with Crippen LogP contribution in [-0.4, -0.2) is 10.5 Å². The summed E-state index contributed by atoms with van der Waals surface area (Å²) in [5.74, 6) is -4.68. The molecule has 27 heavy (non-hydrogen) atoms. The van der Waals surface area contributed by atoms with Gasteiger partial charge in [0.05, 0.1) is 17.6 Å². The maximum Gasteiger partial charge on any atom is 0.249 e. The zero-order valence-electron chi connectivity index (χ0n) is 13.7. The number of rotatable bonds is 3. The van der Waals surface area contributed by atoms with Crippen molar-refractivity contribution in [3.63, 3.8) is 0 Å². The molecular formula is C20H11ClF3N2O. The van der Waals surface area contributed by atoms with E-state index in [2.05, 4.69) is 6.07 Å². The van der Waals surface area contributed by atoms with Gasteiger partial charge in [0.25, 0.3) is 0 Å². The maximum atomic E-state index is 14.2. The fourth-order valence-electron chi connectivity index (χ4n) is 3.26. The van der Waals surface area contributed by atoms with Crippen LogP contribution in [0.5, 0.6) is 0 Å². The molecule has 0 unspecified atom stereocenters. The van der Waals surface area contributed by atoms with Gasteiger partial charge in [-0.15, -0.1) is 0 Å². The molecule has 0 spiro atoms. The molecule has 1 aromatic heterocycles. The number of carbonyl (C=O) groups is 1. The van der Waals surface area contributed by atoms with Crippen LogP contribution in [0.3, 0.4) is 0 Å². The predicted molar refractivity (Wildman–Crippen MR) is 97.2 cm³/mol. The van der Waals surface area contributed by atoms with Gasteiger partial charge < -0.3 is 10.3 Å². The molecule has 1 amide bonds. The molecule has 4 aromatic rings. The first-order chi connectivity index (χ1) is 12.9. The maximum absolute atomic E-state index is 14.2. The van der Waals surface area contributed by atoms with Crippen molar-refractivity contribution in [2.45, 2.75) is 6.54 Å². The molecule has 3 nitrogen and oxygen atoms in total. The van der Waals surface area contributed by atoms with Crippen molar-refractivity contribution in [1.82, 2.24) is 4.57 Å². The Hall–Kier alpha value is -2.99. The summed E-state index contributed by atoms with van der Waals surface area (Å²) in [5.41, 5.74) is 6.86. The Morgan fingerprint density at radius 1 is 1.11 bits per heavy atom. The minimum absolute atomic E-state index is 0.0443. The molecule has 0 aliphatic rings. The Bertz CT molecular complexity index is 1230. The van der Waals surface area contributed by atoms with Crippen LogP contribution in [0.4, 0.5) is 13.2 Å². The minimum atomic E-state index is -1.53. The number of carbonyl (C=O) groups excluding carboxylic acids is 1. The highest BCUT2D eigenvalue weighted by Crippen LogP contribution is 2.34. The Morgan fingerprint density at radius 2 is 1.89 bits per heavy atom. The van der Waals surface area contributed by atoms with Crippen LogP contribution in [0.1, 0.15) is 15.9 Å². The summed E-state index contributed by atoms with van der Waals surface area (Å²) >= 11 is 6.08. The van der Waals surface area contributed by atoms with Crippen molar-refractivity contribution < 1.29 is 18.0 Å². The molecule has 0 saturated heterocycles. The van der Waals surface area contributed by atoms with Crippen LogP contribution in [0.2, 0.25) is 5.02 Å². The lowest BCUT2D eigenvalue weighted by molar-refractivity contribution is 0.100. The van der Waals surface area contributed by atoms with Crippen molar-refractivity contribution >= 4 is 39.3 Å². The van der Waals surface area contributed by atoms with Crippen LogP contribution in [0, 0.1) is 23.5 Å². The van der Waals surface area contributed by atoms with E-state index >= 15 is 0 Å². The van der Waals surface area contributed by atoms with E-state index in [1.54, 1.807) is 34.9 Å². The lowest BCUT2D eigenvalue weighted by Crippen LogP contribution is -2.11. The zero-order valence-corrected chi connectivity index (χ0v) is 14.4. The Balaban J connectivity index is 2.05. The molecule has 0 atom stereocenters. The smallest absolute Gasteiger partial charge is 0.249 e. The van der Waals surface area contributed by atoms with Crippen molar-refractivity contribution in [3.8, 4) is 0 Å². The monoisotopic (exact) mass is 387 g/mol. The first kappa shape index (κ1) is 17.4. The fourth-order valence-corrected chi connectivity index (χ4v) is 3.42. The van der Waals surface area contributed by atoms with Gasteiger partial charge in [-0.05, 0) is 36.4 Å². The first-order valence-electron chi connectivity index (χ1n) is 7.93. The van der Waals surface area contributed by atoms with Crippen LogP contribution in [0.25, 0.3) is 21.8 Å². The largest absolute Gasteiger partial charge is 0.366 e. The highest BCUT2D eigenvalue weighted by molar-refractivity contribution is 6.31. The SMILES string of the molecule is NC(=O)c1cccc2c1c1[c]cc(Cl)cc1n2Cc1ccc(F)c(F)c1F. The van der Waals surface area contributed by atoms with Gasteiger partial charge in [0.15, 0.2) is 17.5 Å². The number of hydrogen-bond donors (Lipinski definition) is 1. The molecule has 0 saturated carbocycles. The lowest BCUT2D eigenvalue weighted by Gasteiger charge is -2.10. The molecule has 7 heteroatoms. The molecular weight excluding hydrogens is 377 g/mol. The number of fused-ring (bicyclic) bond motifs is 3. The first-order valence-corrected chi connectivity index (χ1v) is 8.30. The molecule has 1 heterocycles. The van der Waals surface area contributed by atoms with E-state index in [4.69, 9.17) is 17.3 Å². The van der Waals surface area contributed by atoms with E-state index in [0.717, 1.165) is 6.07 Å². The van der Waals surface area contributed by atoms with E-state index < -0.39 is 23.4 Å². The van der Waals surface area contributed by atoms with E-state index in [-0.39, 0.29) is 17.7 Å². The molecule has 0 aliphatic heterocycles. The second-order valence-electron chi connectivity index (χ2n) is 6.06.